The van der Waals surface area contributed by atoms with E-state index in [1.54, 1.807) is 7.11 Å². The van der Waals surface area contributed by atoms with Crippen molar-refractivity contribution in [2.24, 2.45) is 7.05 Å². The monoisotopic (exact) mass is 273 g/mol. The third-order valence-electron chi connectivity index (χ3n) is 3.60. The maximum Gasteiger partial charge on any atom is 0.118 e. The number of hydrogen-bond acceptors (Lipinski definition) is 3. The topological polar surface area (TPSA) is 39.1 Å². The Labute approximate surface area is 120 Å². The van der Waals surface area contributed by atoms with Gasteiger partial charge >= 0.3 is 0 Å². The standard InChI is InChI=1S/C16H23N3O/c1-11(10-14-6-8-15(20-5)9-7-14)17-16-12(2)18-19(4)13(16)3/h6-9,11,17H,10H2,1-5H3. The Morgan fingerprint density at radius 3 is 2.40 bits per heavy atom. The summed E-state index contributed by atoms with van der Waals surface area (Å²) in [7, 11) is 3.66. The number of rotatable bonds is 5. The summed E-state index contributed by atoms with van der Waals surface area (Å²) in [6.45, 7) is 6.31. The van der Waals surface area contributed by atoms with Gasteiger partial charge in [0.25, 0.3) is 0 Å². The first-order valence-corrected chi connectivity index (χ1v) is 6.91. The van der Waals surface area contributed by atoms with Gasteiger partial charge in [-0.25, -0.2) is 0 Å². The molecule has 1 unspecified atom stereocenters. The maximum absolute atomic E-state index is 5.18. The average molecular weight is 273 g/mol. The number of hydrogen-bond donors (Lipinski definition) is 1. The summed E-state index contributed by atoms with van der Waals surface area (Å²) in [6, 6.07) is 8.58. The highest BCUT2D eigenvalue weighted by Gasteiger charge is 2.12. The number of benzene rings is 1. The predicted molar refractivity (Wildman–Crippen MR) is 82.5 cm³/mol. The molecule has 20 heavy (non-hydrogen) atoms. The van der Waals surface area contributed by atoms with Gasteiger partial charge in [-0.1, -0.05) is 12.1 Å². The normalized spacial score (nSPS) is 12.2. The second-order valence-electron chi connectivity index (χ2n) is 5.27. The van der Waals surface area contributed by atoms with Crippen LogP contribution >= 0.6 is 0 Å². The third kappa shape index (κ3) is 3.13. The van der Waals surface area contributed by atoms with Crippen LogP contribution in [0.15, 0.2) is 24.3 Å². The third-order valence-corrected chi connectivity index (χ3v) is 3.60. The minimum atomic E-state index is 0.352. The van der Waals surface area contributed by atoms with E-state index in [0.717, 1.165) is 23.6 Å². The summed E-state index contributed by atoms with van der Waals surface area (Å²) in [5.74, 6) is 0.897. The molecule has 1 atom stereocenters. The number of aryl methyl sites for hydroxylation is 2. The Morgan fingerprint density at radius 1 is 1.25 bits per heavy atom. The van der Waals surface area contributed by atoms with E-state index in [-0.39, 0.29) is 0 Å². The number of nitrogens with zero attached hydrogens (tertiary/aromatic N) is 2. The van der Waals surface area contributed by atoms with Crippen molar-refractivity contribution in [2.45, 2.75) is 33.2 Å². The van der Waals surface area contributed by atoms with E-state index in [0.29, 0.717) is 6.04 Å². The lowest BCUT2D eigenvalue weighted by molar-refractivity contribution is 0.414. The number of aromatic nitrogens is 2. The van der Waals surface area contributed by atoms with Gasteiger partial charge in [0.05, 0.1) is 24.2 Å². The SMILES string of the molecule is COc1ccc(CC(C)Nc2c(C)nn(C)c2C)cc1. The Morgan fingerprint density at radius 2 is 1.90 bits per heavy atom. The molecule has 0 amide bonds. The van der Waals surface area contributed by atoms with Crippen molar-refractivity contribution >= 4 is 5.69 Å². The first-order valence-electron chi connectivity index (χ1n) is 6.91. The van der Waals surface area contributed by atoms with Crippen LogP contribution in [0.1, 0.15) is 23.9 Å². The zero-order chi connectivity index (χ0) is 14.7. The first-order chi connectivity index (χ1) is 9.51. The molecule has 108 valence electrons. The van der Waals surface area contributed by atoms with Crippen molar-refractivity contribution in [1.29, 1.82) is 0 Å². The van der Waals surface area contributed by atoms with Crippen molar-refractivity contribution < 1.29 is 4.74 Å². The smallest absolute Gasteiger partial charge is 0.118 e. The van der Waals surface area contributed by atoms with Crippen LogP contribution < -0.4 is 10.1 Å². The van der Waals surface area contributed by atoms with Crippen LogP contribution in [0, 0.1) is 13.8 Å². The van der Waals surface area contributed by atoms with Crippen LogP contribution in [-0.2, 0) is 13.5 Å². The molecule has 0 aliphatic heterocycles. The highest BCUT2D eigenvalue weighted by atomic mass is 16.5. The Hall–Kier alpha value is -1.97. The summed E-state index contributed by atoms with van der Waals surface area (Å²) >= 11 is 0. The number of anilines is 1. The first kappa shape index (κ1) is 14.4. The molecule has 1 aromatic carbocycles. The molecule has 0 saturated heterocycles. The van der Waals surface area contributed by atoms with Crippen LogP contribution in [0.5, 0.6) is 5.75 Å². The second-order valence-corrected chi connectivity index (χ2v) is 5.27. The van der Waals surface area contributed by atoms with E-state index in [2.05, 4.69) is 36.4 Å². The molecule has 0 spiro atoms. The fourth-order valence-corrected chi connectivity index (χ4v) is 2.40. The van der Waals surface area contributed by atoms with E-state index in [1.165, 1.54) is 11.3 Å². The van der Waals surface area contributed by atoms with Crippen molar-refractivity contribution in [3.63, 3.8) is 0 Å². The van der Waals surface area contributed by atoms with Crippen molar-refractivity contribution in [3.8, 4) is 5.75 Å². The zero-order valence-corrected chi connectivity index (χ0v) is 12.9. The molecule has 0 aliphatic carbocycles. The Balaban J connectivity index is 2.02. The molecule has 0 fully saturated rings. The van der Waals surface area contributed by atoms with Gasteiger partial charge in [0.2, 0.25) is 0 Å². The van der Waals surface area contributed by atoms with Gasteiger partial charge in [0, 0.05) is 13.1 Å². The van der Waals surface area contributed by atoms with Crippen LogP contribution in [-0.4, -0.2) is 22.9 Å². The fraction of sp³-hybridized carbons (Fsp3) is 0.438. The van der Waals surface area contributed by atoms with Crippen molar-refractivity contribution in [2.75, 3.05) is 12.4 Å². The quantitative estimate of drug-likeness (QED) is 0.910. The number of ether oxygens (including phenoxy) is 1. The van der Waals surface area contributed by atoms with Gasteiger partial charge in [-0.05, 0) is 44.9 Å². The molecular formula is C16H23N3O. The molecule has 2 aromatic rings. The summed E-state index contributed by atoms with van der Waals surface area (Å²) in [4.78, 5) is 0. The fourth-order valence-electron chi connectivity index (χ4n) is 2.40. The van der Waals surface area contributed by atoms with Gasteiger partial charge in [0.15, 0.2) is 0 Å². The van der Waals surface area contributed by atoms with Gasteiger partial charge in [-0.2, -0.15) is 5.10 Å². The minimum Gasteiger partial charge on any atom is -0.497 e. The molecule has 1 N–H and O–H groups in total. The van der Waals surface area contributed by atoms with Crippen LogP contribution in [0.3, 0.4) is 0 Å². The van der Waals surface area contributed by atoms with E-state index in [4.69, 9.17) is 4.74 Å². The van der Waals surface area contributed by atoms with Gasteiger partial charge in [0.1, 0.15) is 5.75 Å². The molecule has 0 saturated carbocycles. The average Bonchev–Trinajstić information content (AvgIpc) is 2.66. The molecular weight excluding hydrogens is 250 g/mol. The molecule has 0 radical (unpaired) electrons. The molecule has 1 heterocycles. The van der Waals surface area contributed by atoms with Gasteiger partial charge < -0.3 is 10.1 Å². The molecule has 0 bridgehead atoms. The van der Waals surface area contributed by atoms with E-state index < -0.39 is 0 Å². The maximum atomic E-state index is 5.18. The summed E-state index contributed by atoms with van der Waals surface area (Å²) in [5, 5.41) is 7.99. The van der Waals surface area contributed by atoms with Crippen molar-refractivity contribution in [1.82, 2.24) is 9.78 Å². The highest BCUT2D eigenvalue weighted by Crippen LogP contribution is 2.20. The van der Waals surface area contributed by atoms with E-state index in [1.807, 2.05) is 30.8 Å². The lowest BCUT2D eigenvalue weighted by atomic mass is 10.1. The van der Waals surface area contributed by atoms with Crippen LogP contribution in [0.4, 0.5) is 5.69 Å². The summed E-state index contributed by atoms with van der Waals surface area (Å²) < 4.78 is 7.09. The van der Waals surface area contributed by atoms with Gasteiger partial charge in [-0.3, -0.25) is 4.68 Å². The van der Waals surface area contributed by atoms with E-state index in [9.17, 15) is 0 Å². The Kier molecular flexibility index (Phi) is 4.32. The van der Waals surface area contributed by atoms with E-state index >= 15 is 0 Å². The Bertz CT molecular complexity index is 572. The molecule has 0 aliphatic rings. The van der Waals surface area contributed by atoms with Crippen LogP contribution in [0.25, 0.3) is 0 Å². The second kappa shape index (κ2) is 5.99. The zero-order valence-electron chi connectivity index (χ0n) is 12.9. The summed E-state index contributed by atoms with van der Waals surface area (Å²) in [6.07, 6.45) is 0.970. The molecule has 4 heteroatoms. The highest BCUT2D eigenvalue weighted by molar-refractivity contribution is 5.52. The molecule has 1 aromatic heterocycles. The number of nitrogens with one attached hydrogen (secondary N) is 1. The predicted octanol–water partition coefficient (Wildman–Crippen LogP) is 3.09. The van der Waals surface area contributed by atoms with Crippen LogP contribution in [0.2, 0.25) is 0 Å². The number of methoxy groups -OCH3 is 1. The molecule has 4 nitrogen and oxygen atoms in total. The largest absolute Gasteiger partial charge is 0.497 e. The minimum absolute atomic E-state index is 0.352. The lowest BCUT2D eigenvalue weighted by Gasteiger charge is -2.16. The lowest BCUT2D eigenvalue weighted by Crippen LogP contribution is -2.19. The van der Waals surface area contributed by atoms with Crippen molar-refractivity contribution in [3.05, 3.63) is 41.2 Å². The van der Waals surface area contributed by atoms with Gasteiger partial charge in [-0.15, -0.1) is 0 Å². The summed E-state index contributed by atoms with van der Waals surface area (Å²) in [5.41, 5.74) is 4.66. The molecule has 2 rings (SSSR count).